The predicted molar refractivity (Wildman–Crippen MR) is 74.2 cm³/mol. The molecular formula is C13H18BNO5. The van der Waals surface area contributed by atoms with E-state index < -0.39 is 13.1 Å². The van der Waals surface area contributed by atoms with Crippen molar-refractivity contribution in [2.75, 3.05) is 0 Å². The lowest BCUT2D eigenvalue weighted by molar-refractivity contribution is -0.121. The molecule has 0 aliphatic carbocycles. The summed E-state index contributed by atoms with van der Waals surface area (Å²) in [6.45, 7) is 2.97. The number of para-hydroxylation sites is 1. The Morgan fingerprint density at radius 3 is 2.50 bits per heavy atom. The van der Waals surface area contributed by atoms with Crippen molar-refractivity contribution in [3.8, 4) is 5.75 Å². The summed E-state index contributed by atoms with van der Waals surface area (Å²) >= 11 is 0. The van der Waals surface area contributed by atoms with Gasteiger partial charge in [0.1, 0.15) is 5.75 Å². The molecule has 0 saturated carbocycles. The van der Waals surface area contributed by atoms with Gasteiger partial charge in [0.05, 0.1) is 11.5 Å². The van der Waals surface area contributed by atoms with Crippen LogP contribution in [0.2, 0.25) is 0 Å². The highest BCUT2D eigenvalue weighted by molar-refractivity contribution is 6.43. The molecule has 7 heteroatoms. The van der Waals surface area contributed by atoms with Crippen LogP contribution in [0.4, 0.5) is 0 Å². The molecule has 1 amide bonds. The molecule has 0 aromatic heterocycles. The number of rotatable bonds is 6. The minimum Gasteiger partial charge on any atom is -0.507 e. The maximum absolute atomic E-state index is 11.3. The van der Waals surface area contributed by atoms with Crippen LogP contribution in [0.15, 0.2) is 18.2 Å². The van der Waals surface area contributed by atoms with E-state index in [0.717, 1.165) is 0 Å². The number of ketones is 1. The van der Waals surface area contributed by atoms with Crippen molar-refractivity contribution in [2.45, 2.75) is 32.6 Å². The Balaban J connectivity index is 2.97. The highest BCUT2D eigenvalue weighted by atomic mass is 16.4. The summed E-state index contributed by atoms with van der Waals surface area (Å²) in [5, 5.41) is 31.0. The second kappa shape index (κ2) is 7.07. The van der Waals surface area contributed by atoms with Gasteiger partial charge in [-0.05, 0) is 25.0 Å². The second-order valence-electron chi connectivity index (χ2n) is 4.51. The average molecular weight is 279 g/mol. The van der Waals surface area contributed by atoms with E-state index in [9.17, 15) is 24.7 Å². The number of amides is 1. The number of hydrogen-bond donors (Lipinski definition) is 4. The van der Waals surface area contributed by atoms with Gasteiger partial charge in [0, 0.05) is 6.42 Å². The molecule has 0 aliphatic heterocycles. The molecule has 0 fully saturated rings. The van der Waals surface area contributed by atoms with Crippen LogP contribution in [0.25, 0.3) is 0 Å². The predicted octanol–water partition coefficient (Wildman–Crippen LogP) is 0.0441. The van der Waals surface area contributed by atoms with Gasteiger partial charge in [-0.25, -0.2) is 0 Å². The minimum atomic E-state index is -1.76. The van der Waals surface area contributed by atoms with E-state index >= 15 is 0 Å². The number of aromatic hydroxyl groups is 1. The number of hydrogen-bond acceptors (Lipinski definition) is 5. The Bertz CT molecular complexity index is 504. The van der Waals surface area contributed by atoms with Crippen LogP contribution >= 0.6 is 0 Å². The quantitative estimate of drug-likeness (QED) is 0.434. The Morgan fingerprint density at radius 2 is 2.00 bits per heavy atom. The summed E-state index contributed by atoms with van der Waals surface area (Å²) in [5.74, 6) is -1.76. The van der Waals surface area contributed by atoms with E-state index in [4.69, 9.17) is 0 Å². The largest absolute Gasteiger partial charge is 0.507 e. The molecule has 0 unspecified atom stereocenters. The first kappa shape index (κ1) is 16.2. The molecule has 0 spiro atoms. The number of carbonyl (C=O) groups is 2. The van der Waals surface area contributed by atoms with E-state index in [1.165, 1.54) is 13.0 Å². The average Bonchev–Trinajstić information content (AvgIpc) is 2.39. The lowest BCUT2D eigenvalue weighted by Crippen LogP contribution is -2.47. The maximum Gasteiger partial charge on any atom is 0.475 e. The molecule has 1 aromatic rings. The van der Waals surface area contributed by atoms with Crippen molar-refractivity contribution in [3.05, 3.63) is 29.3 Å². The fourth-order valence-corrected chi connectivity index (χ4v) is 1.82. The number of Topliss-reactive ketones (excluding diaryl/α,β-unsaturated/α-hetero) is 1. The van der Waals surface area contributed by atoms with Crippen LogP contribution in [-0.4, -0.2) is 39.9 Å². The van der Waals surface area contributed by atoms with Gasteiger partial charge in [0.15, 0.2) is 5.78 Å². The molecule has 108 valence electrons. The van der Waals surface area contributed by atoms with Gasteiger partial charge in [-0.2, -0.15) is 0 Å². The summed E-state index contributed by atoms with van der Waals surface area (Å²) in [4.78, 5) is 22.7. The second-order valence-corrected chi connectivity index (χ2v) is 4.51. The first-order valence-electron chi connectivity index (χ1n) is 6.34. The smallest absolute Gasteiger partial charge is 0.475 e. The van der Waals surface area contributed by atoms with Crippen LogP contribution in [0, 0.1) is 0 Å². The van der Waals surface area contributed by atoms with Gasteiger partial charge in [-0.15, -0.1) is 0 Å². The molecule has 0 aliphatic rings. The van der Waals surface area contributed by atoms with Crippen molar-refractivity contribution in [1.82, 2.24) is 5.32 Å². The van der Waals surface area contributed by atoms with Crippen molar-refractivity contribution >= 4 is 18.8 Å². The molecule has 0 bridgehead atoms. The van der Waals surface area contributed by atoms with E-state index in [1.54, 1.807) is 19.1 Å². The maximum atomic E-state index is 11.3. The van der Waals surface area contributed by atoms with Crippen molar-refractivity contribution in [1.29, 1.82) is 0 Å². The monoisotopic (exact) mass is 279 g/mol. The number of nitrogens with one attached hydrogen (secondary N) is 1. The fraction of sp³-hybridized carbons (Fsp3) is 0.385. The number of benzene rings is 1. The zero-order valence-corrected chi connectivity index (χ0v) is 11.5. The van der Waals surface area contributed by atoms with Crippen molar-refractivity contribution < 1.29 is 24.7 Å². The third kappa shape index (κ3) is 4.08. The van der Waals surface area contributed by atoms with Crippen LogP contribution in [0.5, 0.6) is 5.75 Å². The SMILES string of the molecule is CCC(=O)N[C@@H](Cc1cccc(C(C)=O)c1O)B(O)O. The van der Waals surface area contributed by atoms with E-state index in [2.05, 4.69) is 5.32 Å². The van der Waals surface area contributed by atoms with Gasteiger partial charge in [-0.1, -0.05) is 19.1 Å². The highest BCUT2D eigenvalue weighted by Gasteiger charge is 2.26. The molecule has 1 rings (SSSR count). The number of phenols is 1. The van der Waals surface area contributed by atoms with Gasteiger partial charge < -0.3 is 20.5 Å². The van der Waals surface area contributed by atoms with Gasteiger partial charge in [0.25, 0.3) is 0 Å². The Hall–Kier alpha value is -1.86. The molecule has 0 heterocycles. The molecular weight excluding hydrogens is 261 g/mol. The summed E-state index contributed by atoms with van der Waals surface area (Å²) in [6, 6.07) is 4.64. The molecule has 4 N–H and O–H groups in total. The zero-order valence-electron chi connectivity index (χ0n) is 11.5. The van der Waals surface area contributed by atoms with Gasteiger partial charge in [0.2, 0.25) is 5.91 Å². The standard InChI is InChI=1S/C13H18BNO5/c1-3-12(17)15-11(14(19)20)7-9-5-4-6-10(8(2)16)13(9)18/h4-6,11,18-20H,3,7H2,1-2H3,(H,15,17)/t11-/m0/s1. The molecule has 1 atom stereocenters. The fourth-order valence-electron chi connectivity index (χ4n) is 1.82. The van der Waals surface area contributed by atoms with Crippen LogP contribution in [0.3, 0.4) is 0 Å². The topological polar surface area (TPSA) is 107 Å². The third-order valence-electron chi connectivity index (χ3n) is 2.97. The molecule has 6 nitrogen and oxygen atoms in total. The summed E-state index contributed by atoms with van der Waals surface area (Å²) in [6.07, 6.45) is 0.221. The summed E-state index contributed by atoms with van der Waals surface area (Å²) in [5.41, 5.74) is 0.530. The van der Waals surface area contributed by atoms with Crippen LogP contribution in [0.1, 0.15) is 36.2 Å². The normalized spacial score (nSPS) is 11.8. The molecule has 0 radical (unpaired) electrons. The number of carbonyl (C=O) groups excluding carboxylic acids is 2. The van der Waals surface area contributed by atoms with Crippen molar-refractivity contribution in [3.63, 3.8) is 0 Å². The third-order valence-corrected chi connectivity index (χ3v) is 2.97. The first-order valence-corrected chi connectivity index (χ1v) is 6.34. The zero-order chi connectivity index (χ0) is 15.3. The molecule has 0 saturated heterocycles. The van der Waals surface area contributed by atoms with E-state index in [0.29, 0.717) is 5.56 Å². The molecule has 20 heavy (non-hydrogen) atoms. The van der Waals surface area contributed by atoms with E-state index in [1.807, 2.05) is 0 Å². The highest BCUT2D eigenvalue weighted by Crippen LogP contribution is 2.24. The lowest BCUT2D eigenvalue weighted by Gasteiger charge is -2.18. The Labute approximate surface area is 117 Å². The van der Waals surface area contributed by atoms with E-state index in [-0.39, 0.29) is 35.8 Å². The number of phenolic OH excluding ortho intramolecular Hbond substituents is 1. The lowest BCUT2D eigenvalue weighted by atomic mass is 9.75. The first-order chi connectivity index (χ1) is 9.36. The van der Waals surface area contributed by atoms with Gasteiger partial charge >= 0.3 is 7.12 Å². The van der Waals surface area contributed by atoms with Crippen LogP contribution < -0.4 is 5.32 Å². The summed E-state index contributed by atoms with van der Waals surface area (Å²) < 4.78 is 0. The molecule has 1 aromatic carbocycles. The Kier molecular flexibility index (Phi) is 5.73. The minimum absolute atomic E-state index is 0.0103. The van der Waals surface area contributed by atoms with Gasteiger partial charge in [-0.3, -0.25) is 9.59 Å². The van der Waals surface area contributed by atoms with Crippen molar-refractivity contribution in [2.24, 2.45) is 0 Å². The Morgan fingerprint density at radius 1 is 1.35 bits per heavy atom. The summed E-state index contributed by atoms with van der Waals surface area (Å²) in [7, 11) is -1.76. The van der Waals surface area contributed by atoms with Crippen LogP contribution in [-0.2, 0) is 11.2 Å².